The van der Waals surface area contributed by atoms with Crippen LogP contribution in [0.2, 0.25) is 0 Å². The molecule has 1 fully saturated rings. The van der Waals surface area contributed by atoms with Gasteiger partial charge >= 0.3 is 0 Å². The summed E-state index contributed by atoms with van der Waals surface area (Å²) in [5, 5.41) is 0. The summed E-state index contributed by atoms with van der Waals surface area (Å²) in [7, 11) is -2.19. The molecule has 3 rings (SSSR count). The van der Waals surface area contributed by atoms with Crippen molar-refractivity contribution in [1.29, 1.82) is 0 Å². The van der Waals surface area contributed by atoms with Crippen LogP contribution in [0.3, 0.4) is 0 Å². The Balaban J connectivity index is 1.69. The zero-order valence-electron chi connectivity index (χ0n) is 15.1. The van der Waals surface area contributed by atoms with Crippen LogP contribution in [-0.2, 0) is 21.3 Å². The van der Waals surface area contributed by atoms with Crippen molar-refractivity contribution < 1.29 is 17.9 Å². The molecule has 0 spiro atoms. The molecule has 0 atom stereocenters. The minimum absolute atomic E-state index is 0.157. The molecule has 1 aliphatic heterocycles. The fraction of sp³-hybridized carbons (Fsp3) is 0.368. The maximum atomic E-state index is 12.6. The number of rotatable bonds is 6. The largest absolute Gasteiger partial charge is 0.495 e. The van der Waals surface area contributed by atoms with Crippen molar-refractivity contribution in [3.63, 3.8) is 0 Å². The standard InChI is InChI=1S/C19H24N2O4S/c1-15-3-8-18(24-2)19(13-15)26(22,23)20-14-16-4-6-17(7-5-16)21-9-11-25-12-10-21/h3-8,13,20H,9-12,14H2,1-2H3. The molecule has 2 aromatic carbocycles. The lowest BCUT2D eigenvalue weighted by atomic mass is 10.2. The first-order valence-corrected chi connectivity index (χ1v) is 10.0. The van der Waals surface area contributed by atoms with Gasteiger partial charge < -0.3 is 14.4 Å². The van der Waals surface area contributed by atoms with E-state index in [9.17, 15) is 8.42 Å². The van der Waals surface area contributed by atoms with E-state index in [1.807, 2.05) is 37.3 Å². The third-order valence-electron chi connectivity index (χ3n) is 4.39. The topological polar surface area (TPSA) is 67.9 Å². The van der Waals surface area contributed by atoms with Gasteiger partial charge in [0.15, 0.2) is 0 Å². The van der Waals surface area contributed by atoms with Crippen molar-refractivity contribution in [1.82, 2.24) is 4.72 Å². The number of hydrogen-bond acceptors (Lipinski definition) is 5. The highest BCUT2D eigenvalue weighted by molar-refractivity contribution is 7.89. The molecule has 0 unspecified atom stereocenters. The average molecular weight is 376 g/mol. The van der Waals surface area contributed by atoms with Crippen molar-refractivity contribution >= 4 is 15.7 Å². The number of nitrogens with one attached hydrogen (secondary N) is 1. The van der Waals surface area contributed by atoms with Gasteiger partial charge in [0.1, 0.15) is 10.6 Å². The van der Waals surface area contributed by atoms with E-state index in [1.165, 1.54) is 7.11 Å². The Morgan fingerprint density at radius 2 is 1.81 bits per heavy atom. The van der Waals surface area contributed by atoms with Gasteiger partial charge in [0.2, 0.25) is 10.0 Å². The van der Waals surface area contributed by atoms with Gasteiger partial charge in [-0.25, -0.2) is 13.1 Å². The second-order valence-electron chi connectivity index (χ2n) is 6.24. The van der Waals surface area contributed by atoms with Gasteiger partial charge in [0.25, 0.3) is 0 Å². The molecular formula is C19H24N2O4S. The van der Waals surface area contributed by atoms with Crippen LogP contribution in [0.25, 0.3) is 0 Å². The van der Waals surface area contributed by atoms with E-state index in [-0.39, 0.29) is 11.4 Å². The van der Waals surface area contributed by atoms with Crippen LogP contribution in [0.15, 0.2) is 47.4 Å². The second kappa shape index (κ2) is 8.07. The number of methoxy groups -OCH3 is 1. The zero-order chi connectivity index (χ0) is 18.6. The van der Waals surface area contributed by atoms with Crippen LogP contribution in [0, 0.1) is 6.92 Å². The molecule has 2 aromatic rings. The van der Waals surface area contributed by atoms with Crippen molar-refractivity contribution in [3.05, 3.63) is 53.6 Å². The smallest absolute Gasteiger partial charge is 0.244 e. The Kier molecular flexibility index (Phi) is 5.80. The van der Waals surface area contributed by atoms with Crippen LogP contribution >= 0.6 is 0 Å². The normalized spacial score (nSPS) is 15.1. The molecule has 140 valence electrons. The van der Waals surface area contributed by atoms with Gasteiger partial charge in [0.05, 0.1) is 20.3 Å². The molecule has 0 saturated carbocycles. The molecule has 0 bridgehead atoms. The van der Waals surface area contributed by atoms with Crippen LogP contribution in [0.5, 0.6) is 5.75 Å². The second-order valence-corrected chi connectivity index (χ2v) is 7.98. The Hall–Kier alpha value is -2.09. The Morgan fingerprint density at radius 1 is 1.12 bits per heavy atom. The number of hydrogen-bond donors (Lipinski definition) is 1. The van der Waals surface area contributed by atoms with E-state index in [2.05, 4.69) is 9.62 Å². The van der Waals surface area contributed by atoms with E-state index >= 15 is 0 Å². The summed E-state index contributed by atoms with van der Waals surface area (Å²) in [4.78, 5) is 2.42. The number of nitrogens with zero attached hydrogens (tertiary/aromatic N) is 1. The average Bonchev–Trinajstić information content (AvgIpc) is 2.67. The number of morpholine rings is 1. The number of aryl methyl sites for hydroxylation is 1. The van der Waals surface area contributed by atoms with Gasteiger partial charge in [-0.05, 0) is 42.3 Å². The van der Waals surface area contributed by atoms with Gasteiger partial charge in [0, 0.05) is 25.3 Å². The number of sulfonamides is 1. The molecule has 26 heavy (non-hydrogen) atoms. The molecule has 0 aromatic heterocycles. The van der Waals surface area contributed by atoms with Crippen LogP contribution in [-0.4, -0.2) is 41.8 Å². The van der Waals surface area contributed by atoms with E-state index in [4.69, 9.17) is 9.47 Å². The summed E-state index contributed by atoms with van der Waals surface area (Å²) in [6.07, 6.45) is 0. The highest BCUT2D eigenvalue weighted by Crippen LogP contribution is 2.25. The first kappa shape index (κ1) is 18.7. The summed E-state index contributed by atoms with van der Waals surface area (Å²) in [6, 6.07) is 13.0. The van der Waals surface area contributed by atoms with Crippen LogP contribution in [0.1, 0.15) is 11.1 Å². The first-order valence-electron chi connectivity index (χ1n) is 8.55. The lowest BCUT2D eigenvalue weighted by molar-refractivity contribution is 0.122. The Bertz CT molecular complexity index is 844. The van der Waals surface area contributed by atoms with Crippen molar-refractivity contribution in [2.75, 3.05) is 38.3 Å². The molecule has 1 saturated heterocycles. The number of benzene rings is 2. The van der Waals surface area contributed by atoms with E-state index in [1.54, 1.807) is 12.1 Å². The van der Waals surface area contributed by atoms with Crippen LogP contribution < -0.4 is 14.4 Å². The molecular weight excluding hydrogens is 352 g/mol. The zero-order valence-corrected chi connectivity index (χ0v) is 15.9. The van der Waals surface area contributed by atoms with Crippen molar-refractivity contribution in [2.45, 2.75) is 18.4 Å². The summed E-state index contributed by atoms with van der Waals surface area (Å²) in [5.41, 5.74) is 2.89. The molecule has 1 heterocycles. The van der Waals surface area contributed by atoms with Gasteiger partial charge in [-0.2, -0.15) is 0 Å². The SMILES string of the molecule is COc1ccc(C)cc1S(=O)(=O)NCc1ccc(N2CCOCC2)cc1. The van der Waals surface area contributed by atoms with Crippen molar-refractivity contribution in [3.8, 4) is 5.75 Å². The number of ether oxygens (including phenoxy) is 2. The van der Waals surface area contributed by atoms with Crippen molar-refractivity contribution in [2.24, 2.45) is 0 Å². The first-order chi connectivity index (χ1) is 12.5. The van der Waals surface area contributed by atoms with Gasteiger partial charge in [-0.1, -0.05) is 18.2 Å². The maximum Gasteiger partial charge on any atom is 0.244 e. The Labute approximate surface area is 154 Å². The molecule has 1 N–H and O–H groups in total. The molecule has 0 radical (unpaired) electrons. The summed E-state index contributed by atoms with van der Waals surface area (Å²) in [5.74, 6) is 0.339. The lowest BCUT2D eigenvalue weighted by Gasteiger charge is -2.28. The molecule has 6 nitrogen and oxygen atoms in total. The molecule has 0 amide bonds. The fourth-order valence-electron chi connectivity index (χ4n) is 2.90. The third-order valence-corrected chi connectivity index (χ3v) is 5.81. The summed E-state index contributed by atoms with van der Waals surface area (Å²) in [6.45, 7) is 5.30. The fourth-order valence-corrected chi connectivity index (χ4v) is 4.17. The van der Waals surface area contributed by atoms with E-state index in [0.29, 0.717) is 5.75 Å². The summed E-state index contributed by atoms with van der Waals surface area (Å²) >= 11 is 0. The highest BCUT2D eigenvalue weighted by atomic mass is 32.2. The quantitative estimate of drug-likeness (QED) is 0.838. The van der Waals surface area contributed by atoms with E-state index < -0.39 is 10.0 Å². The van der Waals surface area contributed by atoms with Crippen LogP contribution in [0.4, 0.5) is 5.69 Å². The predicted octanol–water partition coefficient (Wildman–Crippen LogP) is 2.32. The predicted molar refractivity (Wildman–Crippen MR) is 101 cm³/mol. The third kappa shape index (κ3) is 4.35. The van der Waals surface area contributed by atoms with Gasteiger partial charge in [-0.3, -0.25) is 0 Å². The van der Waals surface area contributed by atoms with Gasteiger partial charge in [-0.15, -0.1) is 0 Å². The minimum Gasteiger partial charge on any atom is -0.495 e. The molecule has 1 aliphatic rings. The molecule has 7 heteroatoms. The maximum absolute atomic E-state index is 12.6. The van der Waals surface area contributed by atoms with E-state index in [0.717, 1.165) is 43.1 Å². The minimum atomic E-state index is -3.66. The Morgan fingerprint density at radius 3 is 2.46 bits per heavy atom. The summed E-state index contributed by atoms with van der Waals surface area (Å²) < 4.78 is 38.5. The highest BCUT2D eigenvalue weighted by Gasteiger charge is 2.19. The monoisotopic (exact) mass is 376 g/mol. The lowest BCUT2D eigenvalue weighted by Crippen LogP contribution is -2.36. The number of anilines is 1. The molecule has 0 aliphatic carbocycles.